The SMILES string of the molecule is CON(c1cccc(C(F)(F)F)c1)S(=O)(=O)c1cccc(C=CC(=O)O)c1. The average Bonchev–Trinajstić information content (AvgIpc) is 2.60. The smallest absolute Gasteiger partial charge is 0.416 e. The summed E-state index contributed by atoms with van der Waals surface area (Å²) >= 11 is 0. The van der Waals surface area contributed by atoms with Crippen molar-refractivity contribution in [3.63, 3.8) is 0 Å². The van der Waals surface area contributed by atoms with Crippen LogP contribution in [0.15, 0.2) is 59.5 Å². The minimum absolute atomic E-state index is 0.276. The quantitative estimate of drug-likeness (QED) is 0.591. The van der Waals surface area contributed by atoms with Crippen LogP contribution in [0.1, 0.15) is 11.1 Å². The normalized spacial score (nSPS) is 12.3. The molecular formula is C17H14F3NO5S. The summed E-state index contributed by atoms with van der Waals surface area (Å²) in [6.07, 6.45) is -2.64. The lowest BCUT2D eigenvalue weighted by Gasteiger charge is -2.22. The van der Waals surface area contributed by atoms with Crippen molar-refractivity contribution in [3.8, 4) is 0 Å². The van der Waals surface area contributed by atoms with Crippen LogP contribution in [0.4, 0.5) is 18.9 Å². The minimum Gasteiger partial charge on any atom is -0.478 e. The third-order valence-corrected chi connectivity index (χ3v) is 4.99. The van der Waals surface area contributed by atoms with Gasteiger partial charge in [-0.3, -0.25) is 4.84 Å². The highest BCUT2D eigenvalue weighted by molar-refractivity contribution is 7.92. The molecular weight excluding hydrogens is 387 g/mol. The first-order valence-electron chi connectivity index (χ1n) is 7.33. The number of anilines is 1. The van der Waals surface area contributed by atoms with E-state index in [-0.39, 0.29) is 16.1 Å². The van der Waals surface area contributed by atoms with E-state index in [2.05, 4.69) is 0 Å². The molecule has 0 aliphatic heterocycles. The summed E-state index contributed by atoms with van der Waals surface area (Å²) in [6, 6.07) is 8.91. The van der Waals surface area contributed by atoms with Crippen molar-refractivity contribution in [2.45, 2.75) is 11.1 Å². The van der Waals surface area contributed by atoms with Crippen molar-refractivity contribution >= 4 is 27.8 Å². The molecule has 0 radical (unpaired) electrons. The van der Waals surface area contributed by atoms with Crippen LogP contribution in [0.3, 0.4) is 0 Å². The van der Waals surface area contributed by atoms with Gasteiger partial charge in [-0.05, 0) is 42.0 Å². The molecule has 0 fully saturated rings. The van der Waals surface area contributed by atoms with E-state index < -0.39 is 27.7 Å². The highest BCUT2D eigenvalue weighted by Gasteiger charge is 2.32. The number of hydrogen-bond acceptors (Lipinski definition) is 4. The average molecular weight is 401 g/mol. The van der Waals surface area contributed by atoms with Gasteiger partial charge in [0, 0.05) is 6.08 Å². The second-order valence-electron chi connectivity index (χ2n) is 5.21. The molecule has 0 saturated carbocycles. The lowest BCUT2D eigenvalue weighted by Crippen LogP contribution is -2.30. The molecule has 0 unspecified atom stereocenters. The number of carboxylic acids is 1. The number of rotatable bonds is 6. The maximum atomic E-state index is 12.9. The van der Waals surface area contributed by atoms with Gasteiger partial charge in [-0.25, -0.2) is 4.79 Å². The number of hydrogen-bond donors (Lipinski definition) is 1. The van der Waals surface area contributed by atoms with Crippen molar-refractivity contribution in [1.82, 2.24) is 0 Å². The molecule has 0 aliphatic carbocycles. The molecule has 0 aliphatic rings. The molecule has 0 amide bonds. The van der Waals surface area contributed by atoms with Crippen molar-refractivity contribution in [2.75, 3.05) is 11.6 Å². The van der Waals surface area contributed by atoms with Crippen LogP contribution in [-0.4, -0.2) is 26.6 Å². The van der Waals surface area contributed by atoms with Crippen LogP contribution in [0, 0.1) is 0 Å². The summed E-state index contributed by atoms with van der Waals surface area (Å²) in [4.78, 5) is 15.1. The number of carboxylic acid groups (broad SMARTS) is 1. The van der Waals surface area contributed by atoms with Gasteiger partial charge in [0.1, 0.15) is 0 Å². The maximum Gasteiger partial charge on any atom is 0.416 e. The van der Waals surface area contributed by atoms with Crippen molar-refractivity contribution in [2.24, 2.45) is 0 Å². The molecule has 0 bridgehead atoms. The van der Waals surface area contributed by atoms with Crippen LogP contribution in [0.25, 0.3) is 6.08 Å². The Labute approximate surface area is 153 Å². The zero-order valence-corrected chi connectivity index (χ0v) is 14.7. The van der Waals surface area contributed by atoms with E-state index in [1.54, 1.807) is 0 Å². The highest BCUT2D eigenvalue weighted by Crippen LogP contribution is 2.33. The van der Waals surface area contributed by atoms with Gasteiger partial charge in [0.2, 0.25) is 0 Å². The number of aliphatic carboxylic acids is 1. The Morgan fingerprint density at radius 2 is 1.81 bits per heavy atom. The summed E-state index contributed by atoms with van der Waals surface area (Å²) < 4.78 is 64.6. The summed E-state index contributed by atoms with van der Waals surface area (Å²) in [5.74, 6) is -1.22. The lowest BCUT2D eigenvalue weighted by atomic mass is 10.2. The fourth-order valence-electron chi connectivity index (χ4n) is 2.18. The van der Waals surface area contributed by atoms with E-state index in [1.807, 2.05) is 0 Å². The van der Waals surface area contributed by atoms with Crippen LogP contribution < -0.4 is 4.47 Å². The Morgan fingerprint density at radius 3 is 2.41 bits per heavy atom. The van der Waals surface area contributed by atoms with Crippen molar-refractivity contribution < 1.29 is 36.3 Å². The van der Waals surface area contributed by atoms with E-state index in [1.165, 1.54) is 30.3 Å². The second-order valence-corrected chi connectivity index (χ2v) is 6.96. The number of benzene rings is 2. The highest BCUT2D eigenvalue weighted by atomic mass is 32.2. The van der Waals surface area contributed by atoms with E-state index >= 15 is 0 Å². The standard InChI is InChI=1S/C17H14F3NO5S/c1-26-21(14-6-3-5-13(11-14)17(18,19)20)27(24,25)15-7-2-4-12(10-15)8-9-16(22)23/h2-11H,1H3,(H,22,23). The van der Waals surface area contributed by atoms with E-state index in [4.69, 9.17) is 9.94 Å². The van der Waals surface area contributed by atoms with Crippen molar-refractivity contribution in [3.05, 3.63) is 65.7 Å². The number of halogens is 3. The van der Waals surface area contributed by atoms with Crippen molar-refractivity contribution in [1.29, 1.82) is 0 Å². The van der Waals surface area contributed by atoms with Gasteiger partial charge in [0.15, 0.2) is 0 Å². The molecule has 1 N–H and O–H groups in total. The summed E-state index contributed by atoms with van der Waals surface area (Å²) in [6.45, 7) is 0. The maximum absolute atomic E-state index is 12.9. The van der Waals surface area contributed by atoms with E-state index in [0.29, 0.717) is 10.5 Å². The first-order valence-corrected chi connectivity index (χ1v) is 8.77. The summed E-state index contributed by atoms with van der Waals surface area (Å²) in [5, 5.41) is 8.65. The minimum atomic E-state index is -4.65. The van der Waals surface area contributed by atoms with Crippen LogP contribution in [0.2, 0.25) is 0 Å². The Morgan fingerprint density at radius 1 is 1.15 bits per heavy atom. The molecule has 144 valence electrons. The van der Waals surface area contributed by atoms with Gasteiger partial charge in [-0.1, -0.05) is 18.2 Å². The summed E-state index contributed by atoms with van der Waals surface area (Å²) in [5.41, 5.74) is -1.09. The Bertz CT molecular complexity index is 971. The monoisotopic (exact) mass is 401 g/mol. The number of alkyl halides is 3. The number of carbonyl (C=O) groups is 1. The van der Waals surface area contributed by atoms with E-state index in [9.17, 15) is 26.4 Å². The zero-order chi connectivity index (χ0) is 20.2. The molecule has 2 rings (SSSR count). The first-order chi connectivity index (χ1) is 12.6. The molecule has 0 heterocycles. The van der Waals surface area contributed by atoms with Crippen LogP contribution in [0.5, 0.6) is 0 Å². The molecule has 10 heteroatoms. The van der Waals surface area contributed by atoms with E-state index in [0.717, 1.165) is 31.4 Å². The van der Waals surface area contributed by atoms with Gasteiger partial charge in [-0.2, -0.15) is 21.6 Å². The summed E-state index contributed by atoms with van der Waals surface area (Å²) in [7, 11) is -3.36. The van der Waals surface area contributed by atoms with Crippen LogP contribution in [-0.2, 0) is 25.8 Å². The molecule has 2 aromatic carbocycles. The first kappa shape index (κ1) is 20.5. The Balaban J connectivity index is 2.48. The molecule has 6 nitrogen and oxygen atoms in total. The topological polar surface area (TPSA) is 83.9 Å². The Hall–Kier alpha value is -2.85. The second kappa shape index (κ2) is 7.80. The predicted molar refractivity (Wildman–Crippen MR) is 91.2 cm³/mol. The van der Waals surface area contributed by atoms with Gasteiger partial charge in [0.25, 0.3) is 10.0 Å². The number of sulfonamides is 1. The third kappa shape index (κ3) is 4.86. The van der Waals surface area contributed by atoms with Gasteiger partial charge < -0.3 is 5.11 Å². The van der Waals surface area contributed by atoms with Gasteiger partial charge in [0.05, 0.1) is 23.3 Å². The molecule has 0 atom stereocenters. The van der Waals surface area contributed by atoms with Crippen LogP contribution >= 0.6 is 0 Å². The molecule has 27 heavy (non-hydrogen) atoms. The van der Waals surface area contributed by atoms with Gasteiger partial charge >= 0.3 is 12.1 Å². The Kier molecular flexibility index (Phi) is 5.91. The fourth-order valence-corrected chi connectivity index (χ4v) is 3.49. The molecule has 2 aromatic rings. The third-order valence-electron chi connectivity index (χ3n) is 3.34. The largest absolute Gasteiger partial charge is 0.478 e. The fraction of sp³-hybridized carbons (Fsp3) is 0.118. The zero-order valence-electron chi connectivity index (χ0n) is 13.8. The number of nitrogens with zero attached hydrogens (tertiary/aromatic N) is 1. The molecule has 0 aromatic heterocycles. The van der Waals surface area contributed by atoms with Gasteiger partial charge in [-0.15, -0.1) is 4.47 Å². The predicted octanol–water partition coefficient (Wildman–Crippen LogP) is 3.56. The molecule has 0 spiro atoms. The lowest BCUT2D eigenvalue weighted by molar-refractivity contribution is -0.137. The molecule has 0 saturated heterocycles.